The van der Waals surface area contributed by atoms with Crippen LogP contribution in [0.4, 0.5) is 21.5 Å². The number of para-hydroxylation sites is 2. The fourth-order valence-corrected chi connectivity index (χ4v) is 5.93. The van der Waals surface area contributed by atoms with Crippen LogP contribution in [0.5, 0.6) is 5.75 Å². The fourth-order valence-electron chi connectivity index (χ4n) is 5.93. The Morgan fingerprint density at radius 2 is 1.55 bits per heavy atom. The van der Waals surface area contributed by atoms with Gasteiger partial charge in [-0.05, 0) is 84.1 Å². The maximum absolute atomic E-state index is 14.5. The average Bonchev–Trinajstić information content (AvgIpc) is 3.16. The maximum atomic E-state index is 14.5. The van der Waals surface area contributed by atoms with E-state index in [-0.39, 0.29) is 29.8 Å². The van der Waals surface area contributed by atoms with E-state index in [1.165, 1.54) is 12.1 Å². The highest BCUT2D eigenvalue weighted by Crippen LogP contribution is 2.48. The number of carbonyl (C=O) groups excluding carboxylic acids is 2. The van der Waals surface area contributed by atoms with E-state index in [0.29, 0.717) is 29.0 Å². The zero-order valence-electron chi connectivity index (χ0n) is 23.8. The molecule has 1 N–H and O–H groups in total. The standard InChI is InChI=1S/C35H32FN3O3/c1-38(2)27-16-10-23(11-17-27)34-33-30(20-25(21-32(33)40)22-8-14-26(36)15-9-22)37-29-6-4-5-7-31(29)39(34)35(41)24-12-18-28(42-3)19-13-24/h4-19,25,34,37H,20-21H2,1-3H3/t25-,34-/m0/s1. The minimum Gasteiger partial charge on any atom is -0.497 e. The summed E-state index contributed by atoms with van der Waals surface area (Å²) in [6.45, 7) is 0. The summed E-state index contributed by atoms with van der Waals surface area (Å²) in [5.74, 6) is -0.0381. The monoisotopic (exact) mass is 561 g/mol. The molecule has 4 aromatic rings. The first-order chi connectivity index (χ1) is 20.3. The van der Waals surface area contributed by atoms with E-state index in [1.807, 2.05) is 67.5 Å². The van der Waals surface area contributed by atoms with E-state index in [1.54, 1.807) is 48.4 Å². The number of ether oxygens (including phenoxy) is 1. The third-order valence-electron chi connectivity index (χ3n) is 8.11. The number of rotatable bonds is 5. The molecule has 4 aromatic carbocycles. The van der Waals surface area contributed by atoms with E-state index in [0.717, 1.165) is 28.2 Å². The van der Waals surface area contributed by atoms with Gasteiger partial charge in [0.25, 0.3) is 5.91 Å². The quantitative estimate of drug-likeness (QED) is 0.281. The lowest BCUT2D eigenvalue weighted by molar-refractivity contribution is -0.116. The topological polar surface area (TPSA) is 61.9 Å². The number of allylic oxidation sites excluding steroid dienone is 1. The molecule has 0 unspecified atom stereocenters. The van der Waals surface area contributed by atoms with E-state index >= 15 is 0 Å². The second-order valence-corrected chi connectivity index (χ2v) is 10.9. The van der Waals surface area contributed by atoms with Gasteiger partial charge in [-0.3, -0.25) is 14.5 Å². The zero-order chi connectivity index (χ0) is 29.4. The Morgan fingerprint density at radius 3 is 2.21 bits per heavy atom. The van der Waals surface area contributed by atoms with Crippen LogP contribution >= 0.6 is 0 Å². The molecule has 0 aromatic heterocycles. The van der Waals surface area contributed by atoms with Crippen molar-refractivity contribution in [2.75, 3.05) is 36.3 Å². The first-order valence-electron chi connectivity index (χ1n) is 14.0. The van der Waals surface area contributed by atoms with Gasteiger partial charge in [-0.25, -0.2) is 4.39 Å². The molecule has 0 saturated heterocycles. The van der Waals surface area contributed by atoms with Crippen molar-refractivity contribution in [2.24, 2.45) is 0 Å². The normalized spacial score (nSPS) is 18.0. The van der Waals surface area contributed by atoms with Crippen LogP contribution in [0.25, 0.3) is 0 Å². The minimum absolute atomic E-state index is 0.0416. The molecule has 42 heavy (non-hydrogen) atoms. The Morgan fingerprint density at radius 1 is 0.881 bits per heavy atom. The Bertz CT molecular complexity index is 1660. The van der Waals surface area contributed by atoms with Crippen molar-refractivity contribution in [1.29, 1.82) is 0 Å². The van der Waals surface area contributed by atoms with Crippen molar-refractivity contribution in [3.05, 3.63) is 131 Å². The molecule has 0 saturated carbocycles. The van der Waals surface area contributed by atoms with Crippen molar-refractivity contribution in [2.45, 2.75) is 24.8 Å². The van der Waals surface area contributed by atoms with Crippen LogP contribution in [0.1, 0.15) is 46.3 Å². The second-order valence-electron chi connectivity index (χ2n) is 10.9. The molecule has 7 heteroatoms. The largest absolute Gasteiger partial charge is 0.497 e. The zero-order valence-corrected chi connectivity index (χ0v) is 23.8. The van der Waals surface area contributed by atoms with Crippen LogP contribution in [-0.4, -0.2) is 32.9 Å². The second kappa shape index (κ2) is 11.2. The Kier molecular flexibility index (Phi) is 7.25. The number of benzene rings is 4. The third-order valence-corrected chi connectivity index (χ3v) is 8.11. The molecule has 1 heterocycles. The smallest absolute Gasteiger partial charge is 0.259 e. The number of Topliss-reactive ketones (excluding diaryl/α,β-unsaturated/α-hetero) is 1. The summed E-state index contributed by atoms with van der Waals surface area (Å²) < 4.78 is 19.0. The molecule has 1 aliphatic heterocycles. The summed E-state index contributed by atoms with van der Waals surface area (Å²) in [7, 11) is 5.53. The van der Waals surface area contributed by atoms with E-state index in [4.69, 9.17) is 4.74 Å². The van der Waals surface area contributed by atoms with Crippen molar-refractivity contribution >= 4 is 28.8 Å². The van der Waals surface area contributed by atoms with Gasteiger partial charge in [0, 0.05) is 43.0 Å². The predicted octanol–water partition coefficient (Wildman–Crippen LogP) is 7.11. The Balaban J connectivity index is 1.54. The third kappa shape index (κ3) is 5.02. The lowest BCUT2D eigenvalue weighted by Gasteiger charge is -2.35. The summed E-state index contributed by atoms with van der Waals surface area (Å²) in [6, 6.07) is 28.4. The number of fused-ring (bicyclic) bond motifs is 1. The van der Waals surface area contributed by atoms with Crippen molar-refractivity contribution in [3.63, 3.8) is 0 Å². The first-order valence-corrected chi connectivity index (χ1v) is 14.0. The summed E-state index contributed by atoms with van der Waals surface area (Å²) in [5, 5.41) is 3.55. The molecule has 212 valence electrons. The van der Waals surface area contributed by atoms with Crippen molar-refractivity contribution < 1.29 is 18.7 Å². The first kappa shape index (κ1) is 27.3. The lowest BCUT2D eigenvalue weighted by Crippen LogP contribution is -2.38. The number of hydrogen-bond acceptors (Lipinski definition) is 5. The van der Waals surface area contributed by atoms with E-state index in [9.17, 15) is 14.0 Å². The molecule has 1 amide bonds. The number of ketones is 1. The van der Waals surface area contributed by atoms with E-state index in [2.05, 4.69) is 5.32 Å². The molecule has 2 atom stereocenters. The number of nitrogens with one attached hydrogen (secondary N) is 1. The summed E-state index contributed by atoms with van der Waals surface area (Å²) in [4.78, 5) is 32.4. The highest BCUT2D eigenvalue weighted by atomic mass is 19.1. The van der Waals surface area contributed by atoms with Crippen molar-refractivity contribution in [1.82, 2.24) is 0 Å². The summed E-state index contributed by atoms with van der Waals surface area (Å²) in [5.41, 5.74) is 6.02. The molecule has 6 nitrogen and oxygen atoms in total. The minimum atomic E-state index is -0.663. The predicted molar refractivity (Wildman–Crippen MR) is 164 cm³/mol. The average molecular weight is 562 g/mol. The number of anilines is 3. The number of amides is 1. The van der Waals surface area contributed by atoms with Gasteiger partial charge in [-0.15, -0.1) is 0 Å². The molecule has 0 radical (unpaired) electrons. The molecule has 0 spiro atoms. The molecular formula is C35H32FN3O3. The van der Waals surface area contributed by atoms with Crippen LogP contribution in [0.15, 0.2) is 108 Å². The van der Waals surface area contributed by atoms with Crippen LogP contribution in [-0.2, 0) is 4.79 Å². The van der Waals surface area contributed by atoms with Gasteiger partial charge in [0.2, 0.25) is 0 Å². The number of hydrogen-bond donors (Lipinski definition) is 1. The fraction of sp³-hybridized carbons (Fsp3) is 0.200. The molecule has 0 fully saturated rings. The number of nitrogens with zero attached hydrogens (tertiary/aromatic N) is 2. The van der Waals surface area contributed by atoms with Gasteiger partial charge in [0.05, 0.1) is 24.5 Å². The van der Waals surface area contributed by atoms with Crippen LogP contribution < -0.4 is 19.9 Å². The van der Waals surface area contributed by atoms with E-state index < -0.39 is 6.04 Å². The van der Waals surface area contributed by atoms with Crippen LogP contribution in [0.2, 0.25) is 0 Å². The SMILES string of the molecule is COc1ccc(C(=O)N2c3ccccc3NC3=C(C(=O)C[C@@H](c4ccc(F)cc4)C3)[C@@H]2c2ccc(N(C)C)cc2)cc1. The molecule has 6 rings (SSSR count). The number of methoxy groups -OCH3 is 1. The van der Waals surface area contributed by atoms with Gasteiger partial charge in [-0.2, -0.15) is 0 Å². The van der Waals surface area contributed by atoms with Gasteiger partial charge in [0.15, 0.2) is 5.78 Å². The summed E-state index contributed by atoms with van der Waals surface area (Å²) in [6.07, 6.45) is 0.817. The molecule has 0 bridgehead atoms. The Hall–Kier alpha value is -4.91. The summed E-state index contributed by atoms with van der Waals surface area (Å²) >= 11 is 0. The number of carbonyl (C=O) groups is 2. The highest BCUT2D eigenvalue weighted by molar-refractivity contribution is 6.12. The maximum Gasteiger partial charge on any atom is 0.259 e. The lowest BCUT2D eigenvalue weighted by atomic mass is 9.78. The highest BCUT2D eigenvalue weighted by Gasteiger charge is 2.42. The van der Waals surface area contributed by atoms with Gasteiger partial charge in [0.1, 0.15) is 11.6 Å². The molecular weight excluding hydrogens is 529 g/mol. The van der Waals surface area contributed by atoms with Gasteiger partial charge in [-0.1, -0.05) is 36.4 Å². The van der Waals surface area contributed by atoms with Gasteiger partial charge < -0.3 is 15.0 Å². The number of halogens is 1. The van der Waals surface area contributed by atoms with Crippen molar-refractivity contribution in [3.8, 4) is 5.75 Å². The van der Waals surface area contributed by atoms with Crippen LogP contribution in [0, 0.1) is 5.82 Å². The Labute approximate surface area is 245 Å². The molecule has 1 aliphatic carbocycles. The van der Waals surface area contributed by atoms with Gasteiger partial charge >= 0.3 is 0 Å². The molecule has 2 aliphatic rings. The van der Waals surface area contributed by atoms with Crippen LogP contribution in [0.3, 0.4) is 0 Å².